The normalized spacial score (nSPS) is 10.6. The summed E-state index contributed by atoms with van der Waals surface area (Å²) < 4.78 is 6.73. The number of aliphatic hydroxyl groups is 1. The zero-order valence-corrected chi connectivity index (χ0v) is 17.6. The van der Waals surface area contributed by atoms with Gasteiger partial charge in [-0.2, -0.15) is 5.10 Å². The van der Waals surface area contributed by atoms with Crippen LogP contribution in [0.1, 0.15) is 31.8 Å². The molecule has 3 rings (SSSR count). The van der Waals surface area contributed by atoms with Crippen molar-refractivity contribution in [3.8, 4) is 5.75 Å². The van der Waals surface area contributed by atoms with Crippen LogP contribution in [0.25, 0.3) is 0 Å². The second-order valence-corrected chi connectivity index (χ2v) is 6.99. The average molecular weight is 439 g/mol. The minimum Gasteiger partial charge on any atom is -0.491 e. The maximum Gasteiger partial charge on any atom is 0.263 e. The van der Waals surface area contributed by atoms with Crippen molar-refractivity contribution >= 4 is 11.8 Å². The van der Waals surface area contributed by atoms with Gasteiger partial charge in [0.1, 0.15) is 17.9 Å². The molecule has 168 valence electrons. The lowest BCUT2D eigenvalue weighted by Gasteiger charge is -2.13. The van der Waals surface area contributed by atoms with Gasteiger partial charge in [-0.15, -0.1) is 0 Å². The number of aromatic amines is 1. The first kappa shape index (κ1) is 22.8. The third-order valence-corrected chi connectivity index (χ3v) is 4.69. The van der Waals surface area contributed by atoms with Gasteiger partial charge in [0.15, 0.2) is 0 Å². The monoisotopic (exact) mass is 439 g/mol. The first-order chi connectivity index (χ1) is 15.5. The summed E-state index contributed by atoms with van der Waals surface area (Å²) in [6.45, 7) is 0.544. The molecule has 1 aromatic carbocycles. The molecule has 0 spiro atoms. The van der Waals surface area contributed by atoms with Crippen LogP contribution in [0.5, 0.6) is 5.75 Å². The molecule has 0 saturated carbocycles. The number of ether oxygens (including phenoxy) is 1. The van der Waals surface area contributed by atoms with Gasteiger partial charge in [0, 0.05) is 26.0 Å². The van der Waals surface area contributed by atoms with Gasteiger partial charge >= 0.3 is 0 Å². The van der Waals surface area contributed by atoms with Gasteiger partial charge in [-0.05, 0) is 35.7 Å². The first-order valence-corrected chi connectivity index (χ1v) is 10.1. The van der Waals surface area contributed by atoms with Gasteiger partial charge in [0.25, 0.3) is 17.4 Å². The molecular formula is C22H25N5O5. The van der Waals surface area contributed by atoms with Crippen molar-refractivity contribution in [2.75, 3.05) is 26.8 Å². The van der Waals surface area contributed by atoms with Gasteiger partial charge in [-0.25, -0.2) is 0 Å². The minimum atomic E-state index is -0.572. The lowest BCUT2D eigenvalue weighted by atomic mass is 10.1. The molecule has 10 heteroatoms. The number of benzene rings is 1. The third-order valence-electron chi connectivity index (χ3n) is 4.69. The number of nitrogens with one attached hydrogen (secondary N) is 3. The summed E-state index contributed by atoms with van der Waals surface area (Å²) in [5, 5.41) is 20.7. The van der Waals surface area contributed by atoms with Crippen LogP contribution in [0.15, 0.2) is 53.7 Å². The molecule has 4 N–H and O–H groups in total. The van der Waals surface area contributed by atoms with Crippen LogP contribution in [-0.4, -0.2) is 58.5 Å². The average Bonchev–Trinajstić information content (AvgIpc) is 3.32. The highest BCUT2D eigenvalue weighted by Crippen LogP contribution is 2.14. The summed E-state index contributed by atoms with van der Waals surface area (Å²) in [6, 6.07) is 8.33. The molecule has 0 atom stereocenters. The van der Waals surface area contributed by atoms with Gasteiger partial charge in [0.05, 0.1) is 24.9 Å². The van der Waals surface area contributed by atoms with E-state index in [1.807, 2.05) is 0 Å². The number of aliphatic hydroxyl groups excluding tert-OH is 1. The fourth-order valence-corrected chi connectivity index (χ4v) is 3.11. The molecule has 0 aliphatic rings. The minimum absolute atomic E-state index is 0.114. The summed E-state index contributed by atoms with van der Waals surface area (Å²) in [5.41, 5.74) is 1.25. The summed E-state index contributed by atoms with van der Waals surface area (Å²) in [5.74, 6) is -0.423. The van der Waals surface area contributed by atoms with Crippen molar-refractivity contribution in [1.29, 1.82) is 0 Å². The van der Waals surface area contributed by atoms with Crippen LogP contribution in [0.2, 0.25) is 0 Å². The molecule has 0 aliphatic heterocycles. The molecule has 0 fully saturated rings. The van der Waals surface area contributed by atoms with Crippen molar-refractivity contribution < 1.29 is 19.4 Å². The fraction of sp³-hybridized carbons (Fsp3) is 0.273. The number of carbonyl (C=O) groups excluding carboxylic acids is 2. The first-order valence-electron chi connectivity index (χ1n) is 10.1. The standard InChI is InChI=1S/C22H25N5O5/c1-23-21(30)19-10-17(20(29)24-6-5-16-11-25-26-12-16)14-27(22(19)31)13-15-3-2-4-18(9-15)32-8-7-28/h2-4,9-12,14,28H,5-8,13H2,1H3,(H,23,30)(H,24,29)(H,25,26). The van der Waals surface area contributed by atoms with Crippen LogP contribution in [0.4, 0.5) is 0 Å². The van der Waals surface area contributed by atoms with Gasteiger partial charge in [-0.1, -0.05) is 12.1 Å². The Morgan fingerprint density at radius 2 is 2.06 bits per heavy atom. The second-order valence-electron chi connectivity index (χ2n) is 6.99. The Labute approximate surface area is 184 Å². The number of nitrogens with zero attached hydrogens (tertiary/aromatic N) is 2. The lowest BCUT2D eigenvalue weighted by Crippen LogP contribution is -2.34. The fourth-order valence-electron chi connectivity index (χ4n) is 3.11. The van der Waals surface area contributed by atoms with E-state index in [-0.39, 0.29) is 30.9 Å². The molecule has 0 radical (unpaired) electrons. The smallest absolute Gasteiger partial charge is 0.263 e. The van der Waals surface area contributed by atoms with Gasteiger partial charge in [0.2, 0.25) is 0 Å². The molecule has 0 saturated heterocycles. The molecule has 2 amide bonds. The van der Waals surface area contributed by atoms with Gasteiger partial charge in [-0.3, -0.25) is 19.5 Å². The van der Waals surface area contributed by atoms with Gasteiger partial charge < -0.3 is 25.0 Å². The predicted octanol–water partition coefficient (Wildman–Crippen LogP) is 0.323. The van der Waals surface area contributed by atoms with Crippen LogP contribution < -0.4 is 20.9 Å². The van der Waals surface area contributed by atoms with E-state index in [9.17, 15) is 14.4 Å². The van der Waals surface area contributed by atoms with E-state index in [2.05, 4.69) is 20.8 Å². The highest BCUT2D eigenvalue weighted by Gasteiger charge is 2.17. The Morgan fingerprint density at radius 3 is 2.78 bits per heavy atom. The largest absolute Gasteiger partial charge is 0.491 e. The number of rotatable bonds is 10. The van der Waals surface area contributed by atoms with Crippen LogP contribution in [-0.2, 0) is 13.0 Å². The highest BCUT2D eigenvalue weighted by molar-refractivity contribution is 5.99. The van der Waals surface area contributed by atoms with E-state index in [1.54, 1.807) is 36.7 Å². The van der Waals surface area contributed by atoms with E-state index in [0.29, 0.717) is 18.7 Å². The summed E-state index contributed by atoms with van der Waals surface area (Å²) >= 11 is 0. The molecule has 3 aromatic rings. The Hall–Kier alpha value is -3.92. The maximum absolute atomic E-state index is 12.9. The van der Waals surface area contributed by atoms with Crippen LogP contribution >= 0.6 is 0 Å². The highest BCUT2D eigenvalue weighted by atomic mass is 16.5. The molecule has 0 unspecified atom stereocenters. The molecule has 10 nitrogen and oxygen atoms in total. The zero-order valence-electron chi connectivity index (χ0n) is 17.6. The molecule has 0 bridgehead atoms. The number of hydrogen-bond donors (Lipinski definition) is 4. The zero-order chi connectivity index (χ0) is 22.9. The van der Waals surface area contributed by atoms with E-state index in [0.717, 1.165) is 11.1 Å². The molecule has 32 heavy (non-hydrogen) atoms. The predicted molar refractivity (Wildman–Crippen MR) is 117 cm³/mol. The summed E-state index contributed by atoms with van der Waals surface area (Å²) in [6.07, 6.45) is 5.44. The van der Waals surface area contributed by atoms with Crippen molar-refractivity contribution in [2.24, 2.45) is 0 Å². The number of hydrogen-bond acceptors (Lipinski definition) is 6. The quantitative estimate of drug-likeness (QED) is 0.359. The Bertz CT molecular complexity index is 1120. The van der Waals surface area contributed by atoms with Crippen molar-refractivity contribution in [1.82, 2.24) is 25.4 Å². The number of pyridine rings is 1. The molecule has 2 aromatic heterocycles. The number of aromatic nitrogens is 3. The molecule has 0 aliphatic carbocycles. The third kappa shape index (κ3) is 5.82. The van der Waals surface area contributed by atoms with Crippen LogP contribution in [0, 0.1) is 0 Å². The SMILES string of the molecule is CNC(=O)c1cc(C(=O)NCCc2cn[nH]c2)cn(Cc2cccc(OCCO)c2)c1=O. The Kier molecular flexibility index (Phi) is 7.76. The van der Waals surface area contributed by atoms with E-state index >= 15 is 0 Å². The van der Waals surface area contributed by atoms with E-state index in [4.69, 9.17) is 9.84 Å². The summed E-state index contributed by atoms with van der Waals surface area (Å²) in [7, 11) is 1.42. The lowest BCUT2D eigenvalue weighted by molar-refractivity contribution is 0.0953. The van der Waals surface area contributed by atoms with Crippen molar-refractivity contribution in [3.63, 3.8) is 0 Å². The number of amides is 2. The van der Waals surface area contributed by atoms with E-state index < -0.39 is 17.4 Å². The second kappa shape index (κ2) is 10.9. The Morgan fingerprint density at radius 1 is 1.22 bits per heavy atom. The number of carbonyl (C=O) groups is 2. The van der Waals surface area contributed by atoms with Crippen molar-refractivity contribution in [2.45, 2.75) is 13.0 Å². The molecule has 2 heterocycles. The summed E-state index contributed by atoms with van der Waals surface area (Å²) in [4.78, 5) is 37.8. The van der Waals surface area contributed by atoms with Crippen LogP contribution in [0.3, 0.4) is 0 Å². The maximum atomic E-state index is 12.9. The topological polar surface area (TPSA) is 138 Å². The number of H-pyrrole nitrogens is 1. The molecular weight excluding hydrogens is 414 g/mol. The van der Waals surface area contributed by atoms with Crippen molar-refractivity contribution in [3.05, 3.63) is 81.5 Å². The van der Waals surface area contributed by atoms with E-state index in [1.165, 1.54) is 23.9 Å². The Balaban J connectivity index is 1.84.